The van der Waals surface area contributed by atoms with E-state index < -0.39 is 11.6 Å². The van der Waals surface area contributed by atoms with Gasteiger partial charge in [0.1, 0.15) is 6.04 Å². The number of nitrogens with one attached hydrogen (secondary N) is 1. The number of hydrogen-bond acceptors (Lipinski definition) is 4. The summed E-state index contributed by atoms with van der Waals surface area (Å²) >= 11 is 13.1. The van der Waals surface area contributed by atoms with E-state index in [4.69, 9.17) is 32.7 Å². The average molecular weight is 600 g/mol. The van der Waals surface area contributed by atoms with Crippen molar-refractivity contribution < 1.29 is 19.1 Å². The predicted molar refractivity (Wildman–Crippen MR) is 166 cm³/mol. The first-order valence-corrected chi connectivity index (χ1v) is 14.7. The highest BCUT2D eigenvalue weighted by Crippen LogP contribution is 2.30. The zero-order valence-electron chi connectivity index (χ0n) is 24.5. The smallest absolute Gasteiger partial charge is 0.243 e. The number of benzene rings is 3. The van der Waals surface area contributed by atoms with Gasteiger partial charge in [-0.1, -0.05) is 65.7 Å². The van der Waals surface area contributed by atoms with E-state index in [2.05, 4.69) is 5.32 Å². The van der Waals surface area contributed by atoms with Gasteiger partial charge in [-0.25, -0.2) is 0 Å². The lowest BCUT2D eigenvalue weighted by molar-refractivity contribution is -0.141. The van der Waals surface area contributed by atoms with Crippen molar-refractivity contribution in [3.8, 4) is 11.5 Å². The second-order valence-corrected chi connectivity index (χ2v) is 11.6. The van der Waals surface area contributed by atoms with Crippen LogP contribution in [-0.4, -0.2) is 41.5 Å². The monoisotopic (exact) mass is 598 g/mol. The van der Waals surface area contributed by atoms with Crippen molar-refractivity contribution >= 4 is 35.0 Å². The molecule has 8 heteroatoms. The van der Waals surface area contributed by atoms with Crippen molar-refractivity contribution in [1.29, 1.82) is 0 Å². The first kappa shape index (κ1) is 32.3. The van der Waals surface area contributed by atoms with Crippen molar-refractivity contribution in [3.05, 3.63) is 93.5 Å². The molecule has 2 amide bonds. The lowest BCUT2D eigenvalue weighted by atomic mass is 9.99. The summed E-state index contributed by atoms with van der Waals surface area (Å²) in [6, 6.07) is 19.8. The molecule has 1 unspecified atom stereocenters. The van der Waals surface area contributed by atoms with E-state index in [9.17, 15) is 9.59 Å². The first-order valence-electron chi connectivity index (χ1n) is 14.0. The largest absolute Gasteiger partial charge is 0.490 e. The number of halogens is 2. The summed E-state index contributed by atoms with van der Waals surface area (Å²) < 4.78 is 11.5. The zero-order chi connectivity index (χ0) is 30.0. The SMILES string of the molecule is CCOc1ccc(CCC(=O)N(Cc2c(Cl)cccc2Cl)C(Cc2ccccc2)C(=O)NC(C)(C)C)cc1OCC. The van der Waals surface area contributed by atoms with Gasteiger partial charge in [0.05, 0.1) is 13.2 Å². The third-order valence-electron chi connectivity index (χ3n) is 6.39. The maximum absolute atomic E-state index is 14.0. The van der Waals surface area contributed by atoms with Gasteiger partial charge in [-0.05, 0) is 76.4 Å². The van der Waals surface area contributed by atoms with Crippen LogP contribution in [0.3, 0.4) is 0 Å². The molecule has 1 atom stereocenters. The van der Waals surface area contributed by atoms with Crippen LogP contribution in [0.5, 0.6) is 11.5 Å². The van der Waals surface area contributed by atoms with E-state index in [1.807, 2.05) is 83.1 Å². The second-order valence-electron chi connectivity index (χ2n) is 10.8. The van der Waals surface area contributed by atoms with Crippen LogP contribution in [0, 0.1) is 0 Å². The molecule has 0 fully saturated rings. The lowest BCUT2D eigenvalue weighted by Gasteiger charge is -2.34. The summed E-state index contributed by atoms with van der Waals surface area (Å²) in [6.45, 7) is 10.7. The molecule has 0 heterocycles. The van der Waals surface area contributed by atoms with Gasteiger partial charge < -0.3 is 19.7 Å². The Morgan fingerprint density at radius 2 is 1.49 bits per heavy atom. The van der Waals surface area contributed by atoms with Crippen molar-refractivity contribution in [2.45, 2.75) is 72.0 Å². The number of aryl methyl sites for hydroxylation is 1. The van der Waals surface area contributed by atoms with E-state index in [0.717, 1.165) is 11.1 Å². The van der Waals surface area contributed by atoms with Crippen molar-refractivity contribution in [2.75, 3.05) is 13.2 Å². The fraction of sp³-hybridized carbons (Fsp3) is 0.394. The number of amides is 2. The molecule has 3 aromatic carbocycles. The molecule has 0 saturated carbocycles. The molecule has 1 N–H and O–H groups in total. The highest BCUT2D eigenvalue weighted by Gasteiger charge is 2.33. The van der Waals surface area contributed by atoms with Crippen molar-refractivity contribution in [1.82, 2.24) is 10.2 Å². The highest BCUT2D eigenvalue weighted by atomic mass is 35.5. The van der Waals surface area contributed by atoms with Gasteiger partial charge in [0.2, 0.25) is 11.8 Å². The molecule has 220 valence electrons. The number of carbonyl (C=O) groups excluding carboxylic acids is 2. The topological polar surface area (TPSA) is 67.9 Å². The van der Waals surface area contributed by atoms with E-state index in [1.165, 1.54) is 0 Å². The Morgan fingerprint density at radius 3 is 2.10 bits per heavy atom. The van der Waals surface area contributed by atoms with Gasteiger partial charge in [0.25, 0.3) is 0 Å². The highest BCUT2D eigenvalue weighted by molar-refractivity contribution is 6.36. The molecule has 41 heavy (non-hydrogen) atoms. The van der Waals surface area contributed by atoms with Gasteiger partial charge in [0, 0.05) is 40.5 Å². The predicted octanol–water partition coefficient (Wildman–Crippen LogP) is 7.28. The Hall–Kier alpha value is -3.22. The van der Waals surface area contributed by atoms with Crippen LogP contribution in [0.25, 0.3) is 0 Å². The summed E-state index contributed by atoms with van der Waals surface area (Å²) in [4.78, 5) is 29.4. The van der Waals surface area contributed by atoms with Gasteiger partial charge in [-0.15, -0.1) is 0 Å². The molecule has 0 aromatic heterocycles. The Bertz CT molecular complexity index is 1290. The van der Waals surface area contributed by atoms with Gasteiger partial charge in [-0.3, -0.25) is 9.59 Å². The Balaban J connectivity index is 1.96. The minimum absolute atomic E-state index is 0.0971. The quantitative estimate of drug-likeness (QED) is 0.224. The van der Waals surface area contributed by atoms with Crippen LogP contribution in [-0.2, 0) is 29.0 Å². The number of carbonyl (C=O) groups is 2. The van der Waals surface area contributed by atoms with Crippen LogP contribution in [0.15, 0.2) is 66.7 Å². The molecular formula is C33H40Cl2N2O4. The van der Waals surface area contributed by atoms with Gasteiger partial charge in [-0.2, -0.15) is 0 Å². The minimum Gasteiger partial charge on any atom is -0.490 e. The molecular weight excluding hydrogens is 559 g/mol. The number of nitrogens with zero attached hydrogens (tertiary/aromatic N) is 1. The molecule has 0 aliphatic carbocycles. The molecule has 0 aliphatic heterocycles. The summed E-state index contributed by atoms with van der Waals surface area (Å²) in [7, 11) is 0. The summed E-state index contributed by atoms with van der Waals surface area (Å²) in [6.07, 6.45) is 0.973. The van der Waals surface area contributed by atoms with Crippen molar-refractivity contribution in [2.24, 2.45) is 0 Å². The Kier molecular flexibility index (Phi) is 11.9. The van der Waals surface area contributed by atoms with E-state index >= 15 is 0 Å². The molecule has 0 saturated heterocycles. The number of hydrogen-bond donors (Lipinski definition) is 1. The fourth-order valence-electron chi connectivity index (χ4n) is 4.51. The van der Waals surface area contributed by atoms with Crippen molar-refractivity contribution in [3.63, 3.8) is 0 Å². The third-order valence-corrected chi connectivity index (χ3v) is 7.10. The van der Waals surface area contributed by atoms with Gasteiger partial charge in [0.15, 0.2) is 11.5 Å². The molecule has 0 spiro atoms. The minimum atomic E-state index is -0.782. The Labute approximate surface area is 253 Å². The standard InChI is InChI=1S/C33H40Cl2N2O4/c1-6-40-29-18-16-24(21-30(29)41-7-2)17-19-31(38)37(22-25-26(34)14-11-15-27(25)35)28(32(39)36-33(3,4)5)20-23-12-9-8-10-13-23/h8-16,18,21,28H,6-7,17,19-20,22H2,1-5H3,(H,36,39). The number of rotatable bonds is 13. The third kappa shape index (κ3) is 9.68. The van der Waals surface area contributed by atoms with Crippen LogP contribution in [0.2, 0.25) is 10.0 Å². The molecule has 3 aromatic rings. The normalized spacial score (nSPS) is 12.0. The molecule has 0 radical (unpaired) electrons. The number of ether oxygens (including phenoxy) is 2. The average Bonchev–Trinajstić information content (AvgIpc) is 2.92. The molecule has 0 aliphatic rings. The fourth-order valence-corrected chi connectivity index (χ4v) is 5.02. The lowest BCUT2D eigenvalue weighted by Crippen LogP contribution is -2.54. The van der Waals surface area contributed by atoms with Crippen LogP contribution >= 0.6 is 23.2 Å². The molecule has 3 rings (SSSR count). The van der Waals surface area contributed by atoms with E-state index in [-0.39, 0.29) is 24.8 Å². The first-order chi connectivity index (χ1) is 19.5. The Morgan fingerprint density at radius 1 is 0.854 bits per heavy atom. The van der Waals surface area contributed by atoms with E-state index in [0.29, 0.717) is 53.2 Å². The summed E-state index contributed by atoms with van der Waals surface area (Å²) in [5, 5.41) is 3.96. The van der Waals surface area contributed by atoms with Crippen LogP contribution in [0.1, 0.15) is 57.7 Å². The van der Waals surface area contributed by atoms with Crippen LogP contribution in [0.4, 0.5) is 0 Å². The van der Waals surface area contributed by atoms with Gasteiger partial charge >= 0.3 is 0 Å². The summed E-state index contributed by atoms with van der Waals surface area (Å²) in [5.41, 5.74) is 1.99. The van der Waals surface area contributed by atoms with Crippen LogP contribution < -0.4 is 14.8 Å². The second kappa shape index (κ2) is 15.1. The molecule has 0 bridgehead atoms. The van der Waals surface area contributed by atoms with E-state index in [1.54, 1.807) is 23.1 Å². The summed E-state index contributed by atoms with van der Waals surface area (Å²) in [5.74, 6) is 0.891. The molecule has 6 nitrogen and oxygen atoms in total. The maximum atomic E-state index is 14.0. The maximum Gasteiger partial charge on any atom is 0.243 e. The zero-order valence-corrected chi connectivity index (χ0v) is 26.0.